The molecule has 0 bridgehead atoms. The van der Waals surface area contributed by atoms with Crippen LogP contribution in [0.2, 0.25) is 0 Å². The van der Waals surface area contributed by atoms with Gasteiger partial charge in [0.2, 0.25) is 0 Å². The first-order valence-corrected chi connectivity index (χ1v) is 13.0. The van der Waals surface area contributed by atoms with E-state index in [9.17, 15) is 14.4 Å². The molecule has 210 valence electrons. The van der Waals surface area contributed by atoms with Crippen molar-refractivity contribution in [1.29, 1.82) is 0 Å². The average Bonchev–Trinajstić information content (AvgIpc) is 3.29. The summed E-state index contributed by atoms with van der Waals surface area (Å²) in [5.74, 6) is 0. The highest BCUT2D eigenvalue weighted by Gasteiger charge is 2.39. The van der Waals surface area contributed by atoms with Gasteiger partial charge in [-0.2, -0.15) is 0 Å². The topological polar surface area (TPSA) is 119 Å². The summed E-state index contributed by atoms with van der Waals surface area (Å²) in [4.78, 5) is 52.2. The van der Waals surface area contributed by atoms with Crippen molar-refractivity contribution >= 4 is 23.9 Å². The summed E-state index contributed by atoms with van der Waals surface area (Å²) in [6.07, 6.45) is 0.641. The van der Waals surface area contributed by atoms with Gasteiger partial charge < -0.3 is 19.2 Å². The van der Waals surface area contributed by atoms with Gasteiger partial charge in [0, 0.05) is 13.0 Å². The van der Waals surface area contributed by atoms with Gasteiger partial charge in [-0.3, -0.25) is 4.84 Å². The summed E-state index contributed by atoms with van der Waals surface area (Å²) in [5.41, 5.74) is 2.56. The number of likely N-dealkylation sites (tertiary alicyclic amines) is 1. The predicted molar refractivity (Wildman–Crippen MR) is 140 cm³/mol. The van der Waals surface area contributed by atoms with Gasteiger partial charge in [0.1, 0.15) is 11.2 Å². The number of rotatable bonds is 6. The van der Waals surface area contributed by atoms with E-state index in [1.807, 2.05) is 30.3 Å². The molecule has 3 rings (SSSR count). The monoisotopic (exact) mass is 532 g/mol. The second-order valence-electron chi connectivity index (χ2n) is 11.5. The van der Waals surface area contributed by atoms with Gasteiger partial charge in [-0.25, -0.2) is 24.8 Å². The smallest absolute Gasteiger partial charge is 0.419 e. The Hall–Kier alpha value is -3.34. The first kappa shape index (κ1) is 29.2. The molecule has 0 radical (unpaired) electrons. The van der Waals surface area contributed by atoms with E-state index in [0.29, 0.717) is 18.7 Å². The summed E-state index contributed by atoms with van der Waals surface area (Å²) in [6, 6.07) is 8.94. The molecule has 2 atom stereocenters. The molecule has 1 aromatic carbocycles. The quantitative estimate of drug-likeness (QED) is 0.512. The van der Waals surface area contributed by atoms with Crippen LogP contribution in [-0.4, -0.2) is 70.2 Å². The van der Waals surface area contributed by atoms with Crippen LogP contribution in [0.15, 0.2) is 35.5 Å². The Labute approximate surface area is 224 Å². The van der Waals surface area contributed by atoms with E-state index < -0.39 is 29.5 Å². The van der Waals surface area contributed by atoms with Crippen molar-refractivity contribution in [2.75, 3.05) is 13.1 Å². The Morgan fingerprint density at radius 1 is 1.03 bits per heavy atom. The van der Waals surface area contributed by atoms with E-state index in [0.717, 1.165) is 29.7 Å². The Kier molecular flexibility index (Phi) is 9.59. The number of imide groups is 1. The van der Waals surface area contributed by atoms with Crippen LogP contribution in [0.5, 0.6) is 0 Å². The number of hydrogen-bond donors (Lipinski definition) is 1. The molecular formula is C27H40N4O7. The van der Waals surface area contributed by atoms with E-state index in [4.69, 9.17) is 19.1 Å². The number of ether oxygens (including phenoxy) is 2. The molecule has 11 nitrogen and oxygen atoms in total. The Bertz CT molecular complexity index is 973. The molecule has 1 aromatic rings. The number of benzene rings is 1. The van der Waals surface area contributed by atoms with Crippen LogP contribution in [0.3, 0.4) is 0 Å². The van der Waals surface area contributed by atoms with Crippen LogP contribution < -0.4 is 5.48 Å². The Morgan fingerprint density at radius 2 is 1.66 bits per heavy atom. The number of piperidine rings is 1. The molecule has 2 heterocycles. The third-order valence-corrected chi connectivity index (χ3v) is 5.76. The maximum Gasteiger partial charge on any atom is 0.419 e. The van der Waals surface area contributed by atoms with Gasteiger partial charge in [0.25, 0.3) is 0 Å². The first-order chi connectivity index (χ1) is 17.8. The number of hydrogen-bond acceptors (Lipinski definition) is 8. The second kappa shape index (κ2) is 12.5. The van der Waals surface area contributed by atoms with Crippen LogP contribution in [-0.2, 0) is 25.8 Å². The van der Waals surface area contributed by atoms with Crippen LogP contribution in [0.25, 0.3) is 0 Å². The molecule has 0 aromatic heterocycles. The minimum atomic E-state index is -0.821. The lowest BCUT2D eigenvalue weighted by atomic mass is 9.95. The summed E-state index contributed by atoms with van der Waals surface area (Å²) in [7, 11) is 0. The average molecular weight is 533 g/mol. The summed E-state index contributed by atoms with van der Waals surface area (Å²) in [6.45, 7) is 11.0. The molecular weight excluding hydrogens is 492 g/mol. The van der Waals surface area contributed by atoms with Crippen molar-refractivity contribution in [3.05, 3.63) is 35.9 Å². The highest BCUT2D eigenvalue weighted by molar-refractivity contribution is 5.94. The van der Waals surface area contributed by atoms with Crippen molar-refractivity contribution in [3.8, 4) is 0 Å². The number of oxime groups is 1. The number of urea groups is 1. The molecule has 0 aliphatic carbocycles. The van der Waals surface area contributed by atoms with Gasteiger partial charge in [-0.05, 0) is 66.4 Å². The van der Waals surface area contributed by atoms with E-state index in [1.54, 1.807) is 46.4 Å². The lowest BCUT2D eigenvalue weighted by Gasteiger charge is -2.35. The fraction of sp³-hybridized carbons (Fsp3) is 0.630. The standard InChI is InChI=1S/C27H40N4O7/c1-26(2,3)36-24(33)31(25(34)37-27(4,5)6)17-20-16-21(28-38-20)22-14-10-11-15-30(22)23(32)29-35-18-19-12-8-7-9-13-19/h7-9,12-13,20,22H,10-11,14-18H2,1-6H3,(H,29,32)/t20-,22+/m1/s1. The lowest BCUT2D eigenvalue weighted by Crippen LogP contribution is -2.52. The number of nitrogens with zero attached hydrogens (tertiary/aromatic N) is 3. The normalized spacial score (nSPS) is 19.7. The minimum Gasteiger partial charge on any atom is -0.443 e. The molecule has 38 heavy (non-hydrogen) atoms. The second-order valence-corrected chi connectivity index (χ2v) is 11.5. The number of nitrogens with one attached hydrogen (secondary N) is 1. The van der Waals surface area contributed by atoms with Gasteiger partial charge in [-0.1, -0.05) is 35.5 Å². The largest absolute Gasteiger partial charge is 0.443 e. The third kappa shape index (κ3) is 8.90. The Morgan fingerprint density at radius 3 is 2.26 bits per heavy atom. The number of carbonyl (C=O) groups excluding carboxylic acids is 3. The van der Waals surface area contributed by atoms with Gasteiger partial charge in [0.05, 0.1) is 24.9 Å². The molecule has 1 saturated heterocycles. The molecule has 2 aliphatic heterocycles. The van der Waals surface area contributed by atoms with Crippen LogP contribution in [0, 0.1) is 0 Å². The van der Waals surface area contributed by atoms with E-state index in [-0.39, 0.29) is 25.2 Å². The maximum absolute atomic E-state index is 12.9. The molecule has 0 spiro atoms. The summed E-state index contributed by atoms with van der Waals surface area (Å²) >= 11 is 0. The molecule has 1 N–H and O–H groups in total. The first-order valence-electron chi connectivity index (χ1n) is 13.0. The summed E-state index contributed by atoms with van der Waals surface area (Å²) < 4.78 is 10.9. The zero-order valence-electron chi connectivity index (χ0n) is 23.2. The zero-order chi connectivity index (χ0) is 27.9. The molecule has 2 aliphatic rings. The molecule has 0 saturated carbocycles. The van der Waals surface area contributed by atoms with Crippen molar-refractivity contribution in [3.63, 3.8) is 0 Å². The van der Waals surface area contributed by atoms with Gasteiger partial charge in [-0.15, -0.1) is 0 Å². The van der Waals surface area contributed by atoms with Crippen LogP contribution in [0.1, 0.15) is 72.8 Å². The van der Waals surface area contributed by atoms with Gasteiger partial charge >= 0.3 is 18.2 Å². The van der Waals surface area contributed by atoms with Crippen molar-refractivity contribution < 1.29 is 33.5 Å². The third-order valence-electron chi connectivity index (χ3n) is 5.76. The number of carbonyl (C=O) groups is 3. The number of hydroxylamine groups is 1. The highest BCUT2D eigenvalue weighted by atomic mass is 16.7. The summed E-state index contributed by atoms with van der Waals surface area (Å²) in [5, 5.41) is 4.25. The molecule has 1 fully saturated rings. The zero-order valence-corrected chi connectivity index (χ0v) is 23.2. The van der Waals surface area contributed by atoms with Crippen LogP contribution in [0.4, 0.5) is 14.4 Å². The van der Waals surface area contributed by atoms with E-state index >= 15 is 0 Å². The number of amides is 4. The van der Waals surface area contributed by atoms with Crippen LogP contribution >= 0.6 is 0 Å². The van der Waals surface area contributed by atoms with Crippen molar-refractivity contribution in [1.82, 2.24) is 15.3 Å². The van der Waals surface area contributed by atoms with Crippen molar-refractivity contribution in [2.45, 2.75) is 97.2 Å². The fourth-order valence-electron chi connectivity index (χ4n) is 4.14. The van der Waals surface area contributed by atoms with Gasteiger partial charge in [0.15, 0.2) is 6.10 Å². The lowest BCUT2D eigenvalue weighted by molar-refractivity contribution is -0.0130. The van der Waals surface area contributed by atoms with E-state index in [2.05, 4.69) is 10.6 Å². The van der Waals surface area contributed by atoms with E-state index in [1.165, 1.54) is 0 Å². The molecule has 4 amide bonds. The maximum atomic E-state index is 12.9. The SMILES string of the molecule is CC(C)(C)OC(=O)N(C[C@H]1CC([C@@H]2CCCCN2C(=O)NOCc2ccccc2)=NO1)C(=O)OC(C)(C)C. The minimum absolute atomic E-state index is 0.101. The Balaban J connectivity index is 1.61. The molecule has 0 unspecified atom stereocenters. The predicted octanol–water partition coefficient (Wildman–Crippen LogP) is 5.00. The van der Waals surface area contributed by atoms with Crippen molar-refractivity contribution in [2.24, 2.45) is 5.16 Å². The highest BCUT2D eigenvalue weighted by Crippen LogP contribution is 2.25. The molecule has 11 heteroatoms. The fourth-order valence-corrected chi connectivity index (χ4v) is 4.14.